The van der Waals surface area contributed by atoms with Gasteiger partial charge >= 0.3 is 6.09 Å². The summed E-state index contributed by atoms with van der Waals surface area (Å²) in [5, 5.41) is 0. The van der Waals surface area contributed by atoms with Crippen LogP contribution in [-0.2, 0) is 21.2 Å². The average Bonchev–Trinajstić information content (AvgIpc) is 3.10. The van der Waals surface area contributed by atoms with E-state index >= 15 is 0 Å². The molecule has 2 aliphatic rings. The lowest BCUT2D eigenvalue weighted by molar-refractivity contribution is 0.129. The number of hydrogen-bond donors (Lipinski definition) is 0. The molecule has 1 aromatic rings. The fraction of sp³-hybridized carbons (Fsp3) is 0.625. The molecule has 0 N–H and O–H groups in total. The molecule has 1 amide bonds. The summed E-state index contributed by atoms with van der Waals surface area (Å²) in [7, 11) is -3.27. The van der Waals surface area contributed by atoms with Crippen molar-refractivity contribution in [2.45, 2.75) is 38.3 Å². The molecule has 2 aliphatic heterocycles. The first kappa shape index (κ1) is 17.2. The minimum absolute atomic E-state index is 0.158. The highest BCUT2D eigenvalue weighted by Crippen LogP contribution is 2.29. The summed E-state index contributed by atoms with van der Waals surface area (Å²) < 4.78 is 31.5. The number of aromatic nitrogens is 1. The fourth-order valence-corrected chi connectivity index (χ4v) is 4.86. The van der Waals surface area contributed by atoms with Gasteiger partial charge in [-0.15, -0.1) is 0 Å². The van der Waals surface area contributed by atoms with Crippen LogP contribution in [0.1, 0.15) is 25.5 Å². The number of nitrogens with zero attached hydrogens (tertiary/aromatic N) is 3. The zero-order chi connectivity index (χ0) is 17.2. The molecule has 0 bridgehead atoms. The smallest absolute Gasteiger partial charge is 0.410 e. The molecule has 132 valence electrons. The van der Waals surface area contributed by atoms with E-state index in [9.17, 15) is 13.2 Å². The SMILES string of the molecule is CCCCS(=O)(=O)N1C[C@@H]2OC(=O)N(CCc3ccccn3)[C@@H]2C1. The predicted octanol–water partition coefficient (Wildman–Crippen LogP) is 1.26. The Morgan fingerprint density at radius 3 is 2.88 bits per heavy atom. The monoisotopic (exact) mass is 353 g/mol. The zero-order valence-electron chi connectivity index (χ0n) is 13.8. The highest BCUT2D eigenvalue weighted by molar-refractivity contribution is 7.89. The molecule has 24 heavy (non-hydrogen) atoms. The van der Waals surface area contributed by atoms with Gasteiger partial charge in [-0.3, -0.25) is 9.88 Å². The van der Waals surface area contributed by atoms with Crippen molar-refractivity contribution in [2.24, 2.45) is 0 Å². The number of unbranched alkanes of at least 4 members (excludes halogenated alkanes) is 1. The number of carbonyl (C=O) groups is 1. The van der Waals surface area contributed by atoms with Crippen LogP contribution in [0.2, 0.25) is 0 Å². The lowest BCUT2D eigenvalue weighted by atomic mass is 10.2. The number of amides is 1. The molecule has 1 aromatic heterocycles. The van der Waals surface area contributed by atoms with Gasteiger partial charge in [-0.1, -0.05) is 19.4 Å². The van der Waals surface area contributed by atoms with Crippen molar-refractivity contribution in [2.75, 3.05) is 25.4 Å². The second-order valence-electron chi connectivity index (χ2n) is 6.24. The predicted molar refractivity (Wildman–Crippen MR) is 89.0 cm³/mol. The summed E-state index contributed by atoms with van der Waals surface area (Å²) in [5.74, 6) is 0.158. The van der Waals surface area contributed by atoms with E-state index in [4.69, 9.17) is 4.74 Å². The Balaban J connectivity index is 1.63. The molecule has 0 saturated carbocycles. The number of fused-ring (bicyclic) bond motifs is 1. The Hall–Kier alpha value is -1.67. The maximum atomic E-state index is 12.3. The van der Waals surface area contributed by atoms with E-state index in [0.29, 0.717) is 25.9 Å². The highest BCUT2D eigenvalue weighted by Gasteiger charge is 2.50. The maximum Gasteiger partial charge on any atom is 0.410 e. The number of sulfonamides is 1. The summed E-state index contributed by atoms with van der Waals surface area (Å²) in [6.07, 6.45) is 3.12. The van der Waals surface area contributed by atoms with Crippen LogP contribution in [0.3, 0.4) is 0 Å². The molecule has 0 aliphatic carbocycles. The number of rotatable bonds is 7. The second-order valence-corrected chi connectivity index (χ2v) is 8.33. The second kappa shape index (κ2) is 7.06. The Labute approximate surface area is 142 Å². The van der Waals surface area contributed by atoms with Crippen LogP contribution >= 0.6 is 0 Å². The van der Waals surface area contributed by atoms with Crippen molar-refractivity contribution < 1.29 is 17.9 Å². The summed E-state index contributed by atoms with van der Waals surface area (Å²) >= 11 is 0. The van der Waals surface area contributed by atoms with E-state index in [1.807, 2.05) is 25.1 Å². The van der Waals surface area contributed by atoms with Crippen LogP contribution in [0.25, 0.3) is 0 Å². The van der Waals surface area contributed by atoms with Crippen molar-refractivity contribution in [1.29, 1.82) is 0 Å². The van der Waals surface area contributed by atoms with Gasteiger partial charge in [0, 0.05) is 31.4 Å². The van der Waals surface area contributed by atoms with E-state index in [-0.39, 0.29) is 30.5 Å². The largest absolute Gasteiger partial charge is 0.442 e. The number of ether oxygens (including phenoxy) is 1. The standard InChI is InChI=1S/C16H23N3O4S/c1-2-3-10-24(21,22)18-11-14-15(12-18)23-16(20)19(14)9-7-13-6-4-5-8-17-13/h4-6,8,14-15H,2-3,7,9-12H2,1H3/t14-,15+/m1/s1. The molecule has 0 radical (unpaired) electrons. The van der Waals surface area contributed by atoms with Crippen LogP contribution < -0.4 is 0 Å². The molecule has 2 fully saturated rings. The number of carbonyl (C=O) groups excluding carboxylic acids is 1. The summed E-state index contributed by atoms with van der Waals surface area (Å²) in [6, 6.07) is 5.47. The molecular weight excluding hydrogens is 330 g/mol. The minimum Gasteiger partial charge on any atom is -0.442 e. The lowest BCUT2D eigenvalue weighted by Gasteiger charge is -2.22. The highest BCUT2D eigenvalue weighted by atomic mass is 32.2. The quantitative estimate of drug-likeness (QED) is 0.737. The minimum atomic E-state index is -3.27. The van der Waals surface area contributed by atoms with E-state index in [0.717, 1.165) is 12.1 Å². The summed E-state index contributed by atoms with van der Waals surface area (Å²) in [5.41, 5.74) is 0.902. The van der Waals surface area contributed by atoms with Crippen LogP contribution in [0.5, 0.6) is 0 Å². The third kappa shape index (κ3) is 3.54. The molecule has 2 saturated heterocycles. The van der Waals surface area contributed by atoms with Crippen molar-refractivity contribution in [1.82, 2.24) is 14.2 Å². The molecule has 3 rings (SSSR count). The van der Waals surface area contributed by atoms with Crippen molar-refractivity contribution in [3.63, 3.8) is 0 Å². The van der Waals surface area contributed by atoms with E-state index in [1.165, 1.54) is 4.31 Å². The molecule has 7 nitrogen and oxygen atoms in total. The Bertz CT molecular complexity index is 680. The van der Waals surface area contributed by atoms with Gasteiger partial charge < -0.3 is 4.74 Å². The van der Waals surface area contributed by atoms with Crippen LogP contribution in [0.4, 0.5) is 4.79 Å². The number of hydrogen-bond acceptors (Lipinski definition) is 5. The fourth-order valence-electron chi connectivity index (χ4n) is 3.19. The molecular formula is C16H23N3O4S. The van der Waals surface area contributed by atoms with Gasteiger partial charge in [-0.05, 0) is 18.6 Å². The third-order valence-corrected chi connectivity index (χ3v) is 6.46. The van der Waals surface area contributed by atoms with E-state index < -0.39 is 10.0 Å². The molecule has 0 unspecified atom stereocenters. The van der Waals surface area contributed by atoms with Crippen molar-refractivity contribution in [3.8, 4) is 0 Å². The number of pyridine rings is 1. The Kier molecular flexibility index (Phi) is 5.05. The van der Waals surface area contributed by atoms with Gasteiger partial charge in [-0.25, -0.2) is 13.2 Å². The molecule has 8 heteroatoms. The van der Waals surface area contributed by atoms with Crippen LogP contribution in [0, 0.1) is 0 Å². The molecule has 0 aromatic carbocycles. The third-order valence-electron chi connectivity index (χ3n) is 4.57. The normalized spacial score (nSPS) is 24.2. The van der Waals surface area contributed by atoms with Gasteiger partial charge in [0.1, 0.15) is 6.10 Å². The molecule has 0 spiro atoms. The first-order chi connectivity index (χ1) is 11.5. The topological polar surface area (TPSA) is 79.8 Å². The first-order valence-corrected chi connectivity index (χ1v) is 9.97. The summed E-state index contributed by atoms with van der Waals surface area (Å²) in [4.78, 5) is 18.0. The molecule has 2 atom stereocenters. The lowest BCUT2D eigenvalue weighted by Crippen LogP contribution is -2.40. The van der Waals surface area contributed by atoms with Crippen molar-refractivity contribution >= 4 is 16.1 Å². The maximum absolute atomic E-state index is 12.3. The van der Waals surface area contributed by atoms with Gasteiger partial charge in [0.05, 0.1) is 18.3 Å². The van der Waals surface area contributed by atoms with Gasteiger partial charge in [0.15, 0.2) is 0 Å². The first-order valence-electron chi connectivity index (χ1n) is 8.36. The Morgan fingerprint density at radius 2 is 2.17 bits per heavy atom. The average molecular weight is 353 g/mol. The Morgan fingerprint density at radius 1 is 1.33 bits per heavy atom. The van der Waals surface area contributed by atoms with E-state index in [1.54, 1.807) is 11.1 Å². The van der Waals surface area contributed by atoms with Gasteiger partial charge in [0.2, 0.25) is 10.0 Å². The summed E-state index contributed by atoms with van der Waals surface area (Å²) in [6.45, 7) is 3.04. The van der Waals surface area contributed by atoms with Crippen molar-refractivity contribution in [3.05, 3.63) is 30.1 Å². The van der Waals surface area contributed by atoms with Crippen LogP contribution in [-0.4, -0.2) is 66.2 Å². The molecule has 3 heterocycles. The van der Waals surface area contributed by atoms with Gasteiger partial charge in [-0.2, -0.15) is 4.31 Å². The zero-order valence-corrected chi connectivity index (χ0v) is 14.6. The van der Waals surface area contributed by atoms with Gasteiger partial charge in [0.25, 0.3) is 0 Å². The van der Waals surface area contributed by atoms with Crippen LogP contribution in [0.15, 0.2) is 24.4 Å². The van der Waals surface area contributed by atoms with E-state index in [2.05, 4.69) is 4.98 Å².